The molecule has 82 valence electrons. The van der Waals surface area contributed by atoms with E-state index < -0.39 is 5.91 Å². The van der Waals surface area contributed by atoms with E-state index in [4.69, 9.17) is 5.21 Å². The van der Waals surface area contributed by atoms with Gasteiger partial charge in [-0.15, -0.1) is 0 Å². The van der Waals surface area contributed by atoms with Crippen LogP contribution >= 0.6 is 0 Å². The van der Waals surface area contributed by atoms with Gasteiger partial charge in [0.05, 0.1) is 0 Å². The molecule has 1 amide bonds. The minimum absolute atomic E-state index is 0.237. The van der Waals surface area contributed by atoms with Crippen LogP contribution < -0.4 is 5.48 Å². The van der Waals surface area contributed by atoms with Gasteiger partial charge in [0.1, 0.15) is 0 Å². The van der Waals surface area contributed by atoms with Crippen molar-refractivity contribution >= 4 is 5.91 Å². The number of hydrogen-bond donors (Lipinski definition) is 2. The third-order valence-electron chi connectivity index (χ3n) is 2.05. The van der Waals surface area contributed by atoms with Gasteiger partial charge in [-0.05, 0) is 29.5 Å². The average molecular weight is 207 g/mol. The summed E-state index contributed by atoms with van der Waals surface area (Å²) in [5.41, 5.74) is 3.51. The molecule has 0 saturated heterocycles. The molecule has 0 radical (unpaired) electrons. The SMILES string of the molecule is CC(C)(C)Cc1ccc(C(=O)NO)cc1. The Hall–Kier alpha value is -1.35. The predicted molar refractivity (Wildman–Crippen MR) is 58.9 cm³/mol. The molecule has 0 aliphatic rings. The predicted octanol–water partition coefficient (Wildman–Crippen LogP) is 2.39. The number of nitrogens with one attached hydrogen (secondary N) is 1. The monoisotopic (exact) mass is 207 g/mol. The minimum Gasteiger partial charge on any atom is -0.288 e. The summed E-state index contributed by atoms with van der Waals surface area (Å²) in [5.74, 6) is -0.475. The number of hydrogen-bond acceptors (Lipinski definition) is 2. The Labute approximate surface area is 90.1 Å². The summed E-state index contributed by atoms with van der Waals surface area (Å²) in [6.07, 6.45) is 0.966. The van der Waals surface area contributed by atoms with E-state index in [9.17, 15) is 4.79 Å². The zero-order valence-electron chi connectivity index (χ0n) is 9.37. The third-order valence-corrected chi connectivity index (χ3v) is 2.05. The van der Waals surface area contributed by atoms with E-state index in [2.05, 4.69) is 20.8 Å². The highest BCUT2D eigenvalue weighted by atomic mass is 16.5. The first-order chi connectivity index (χ1) is 6.92. The first-order valence-electron chi connectivity index (χ1n) is 4.96. The number of rotatable bonds is 2. The highest BCUT2D eigenvalue weighted by molar-refractivity contribution is 5.93. The largest absolute Gasteiger partial charge is 0.288 e. The number of benzene rings is 1. The van der Waals surface area contributed by atoms with Crippen LogP contribution in [0.2, 0.25) is 0 Å². The van der Waals surface area contributed by atoms with Crippen molar-refractivity contribution in [3.8, 4) is 0 Å². The normalized spacial score (nSPS) is 11.2. The van der Waals surface area contributed by atoms with Gasteiger partial charge in [-0.2, -0.15) is 0 Å². The standard InChI is InChI=1S/C12H17NO2/c1-12(2,3)8-9-4-6-10(7-5-9)11(14)13-15/h4-7,15H,8H2,1-3H3,(H,13,14). The average Bonchev–Trinajstić information content (AvgIpc) is 2.15. The molecule has 0 aromatic heterocycles. The molecule has 0 aliphatic heterocycles. The fourth-order valence-corrected chi connectivity index (χ4v) is 1.45. The molecule has 0 bridgehead atoms. The van der Waals surface area contributed by atoms with Gasteiger partial charge in [0.2, 0.25) is 0 Å². The van der Waals surface area contributed by atoms with Gasteiger partial charge >= 0.3 is 0 Å². The van der Waals surface area contributed by atoms with Crippen molar-refractivity contribution < 1.29 is 10.0 Å². The Bertz CT molecular complexity index is 336. The molecule has 0 heterocycles. The molecule has 2 N–H and O–H groups in total. The maximum absolute atomic E-state index is 11.0. The fraction of sp³-hybridized carbons (Fsp3) is 0.417. The highest BCUT2D eigenvalue weighted by Gasteiger charge is 2.11. The molecule has 3 heteroatoms. The lowest BCUT2D eigenvalue weighted by Gasteiger charge is -2.18. The smallest absolute Gasteiger partial charge is 0.274 e. The third kappa shape index (κ3) is 3.72. The quantitative estimate of drug-likeness (QED) is 0.578. The summed E-state index contributed by atoms with van der Waals surface area (Å²) >= 11 is 0. The highest BCUT2D eigenvalue weighted by Crippen LogP contribution is 2.20. The van der Waals surface area contributed by atoms with Crippen molar-refractivity contribution in [1.29, 1.82) is 0 Å². The Morgan fingerprint density at radius 1 is 1.27 bits per heavy atom. The molecule has 0 atom stereocenters. The number of carbonyl (C=O) groups excluding carboxylic acids is 1. The van der Waals surface area contributed by atoms with Gasteiger partial charge in [-0.25, -0.2) is 5.48 Å². The summed E-state index contributed by atoms with van der Waals surface area (Å²) in [7, 11) is 0. The van der Waals surface area contributed by atoms with E-state index in [0.29, 0.717) is 5.56 Å². The summed E-state index contributed by atoms with van der Waals surface area (Å²) in [5, 5.41) is 8.44. The Morgan fingerprint density at radius 2 is 1.80 bits per heavy atom. The van der Waals surface area contributed by atoms with Crippen LogP contribution in [0.25, 0.3) is 0 Å². The maximum Gasteiger partial charge on any atom is 0.274 e. The van der Waals surface area contributed by atoms with E-state index in [0.717, 1.165) is 6.42 Å². The lowest BCUT2D eigenvalue weighted by Crippen LogP contribution is -2.18. The van der Waals surface area contributed by atoms with Crippen molar-refractivity contribution in [2.75, 3.05) is 0 Å². The van der Waals surface area contributed by atoms with Crippen LogP contribution in [0.5, 0.6) is 0 Å². The second-order valence-corrected chi connectivity index (χ2v) is 4.88. The topological polar surface area (TPSA) is 49.3 Å². The van der Waals surface area contributed by atoms with Crippen LogP contribution in [0.3, 0.4) is 0 Å². The van der Waals surface area contributed by atoms with E-state index in [1.807, 2.05) is 12.1 Å². The molecule has 0 unspecified atom stereocenters. The van der Waals surface area contributed by atoms with E-state index in [-0.39, 0.29) is 5.41 Å². The van der Waals surface area contributed by atoms with Gasteiger partial charge in [-0.3, -0.25) is 10.0 Å². The first-order valence-corrected chi connectivity index (χ1v) is 4.96. The maximum atomic E-state index is 11.0. The molecular weight excluding hydrogens is 190 g/mol. The van der Waals surface area contributed by atoms with Gasteiger partial charge in [-0.1, -0.05) is 32.9 Å². The van der Waals surface area contributed by atoms with Gasteiger partial charge in [0.25, 0.3) is 5.91 Å². The molecule has 15 heavy (non-hydrogen) atoms. The van der Waals surface area contributed by atoms with Gasteiger partial charge in [0, 0.05) is 5.56 Å². The van der Waals surface area contributed by atoms with Crippen LogP contribution in [-0.2, 0) is 6.42 Å². The van der Waals surface area contributed by atoms with Crippen molar-refractivity contribution in [1.82, 2.24) is 5.48 Å². The summed E-state index contributed by atoms with van der Waals surface area (Å²) < 4.78 is 0. The van der Waals surface area contributed by atoms with Crippen molar-refractivity contribution in [2.45, 2.75) is 27.2 Å². The van der Waals surface area contributed by atoms with Gasteiger partial charge in [0.15, 0.2) is 0 Å². The fourth-order valence-electron chi connectivity index (χ4n) is 1.45. The molecule has 1 aromatic rings. The molecule has 1 aromatic carbocycles. The lowest BCUT2D eigenvalue weighted by molar-refractivity contribution is 0.0706. The zero-order chi connectivity index (χ0) is 11.5. The molecule has 0 saturated carbocycles. The van der Waals surface area contributed by atoms with E-state index in [1.54, 1.807) is 17.6 Å². The van der Waals surface area contributed by atoms with Crippen LogP contribution in [0.4, 0.5) is 0 Å². The Morgan fingerprint density at radius 3 is 2.20 bits per heavy atom. The number of carbonyl (C=O) groups is 1. The van der Waals surface area contributed by atoms with Crippen molar-refractivity contribution in [3.63, 3.8) is 0 Å². The number of hydroxylamine groups is 1. The van der Waals surface area contributed by atoms with Crippen LogP contribution in [0.15, 0.2) is 24.3 Å². The van der Waals surface area contributed by atoms with Crippen molar-refractivity contribution in [2.24, 2.45) is 5.41 Å². The zero-order valence-corrected chi connectivity index (χ0v) is 9.37. The molecule has 1 rings (SSSR count). The van der Waals surface area contributed by atoms with E-state index >= 15 is 0 Å². The molecule has 0 fully saturated rings. The first kappa shape index (κ1) is 11.7. The second kappa shape index (κ2) is 4.45. The minimum atomic E-state index is -0.475. The van der Waals surface area contributed by atoms with Gasteiger partial charge < -0.3 is 0 Å². The Kier molecular flexibility index (Phi) is 3.48. The summed E-state index contributed by atoms with van der Waals surface area (Å²) in [6, 6.07) is 7.25. The molecular formula is C12H17NO2. The molecule has 3 nitrogen and oxygen atoms in total. The summed E-state index contributed by atoms with van der Waals surface area (Å²) in [6.45, 7) is 6.50. The number of amides is 1. The van der Waals surface area contributed by atoms with E-state index in [1.165, 1.54) is 5.56 Å². The van der Waals surface area contributed by atoms with Crippen molar-refractivity contribution in [3.05, 3.63) is 35.4 Å². The molecule has 0 aliphatic carbocycles. The van der Waals surface area contributed by atoms with Crippen LogP contribution in [-0.4, -0.2) is 11.1 Å². The molecule has 0 spiro atoms. The van der Waals surface area contributed by atoms with Crippen LogP contribution in [0.1, 0.15) is 36.7 Å². The lowest BCUT2D eigenvalue weighted by atomic mass is 9.88. The summed E-state index contributed by atoms with van der Waals surface area (Å²) in [4.78, 5) is 11.0. The second-order valence-electron chi connectivity index (χ2n) is 4.88. The van der Waals surface area contributed by atoms with Crippen LogP contribution in [0, 0.1) is 5.41 Å². The Balaban J connectivity index is 2.77.